The Balaban J connectivity index is 1.87. The van der Waals surface area contributed by atoms with Crippen molar-refractivity contribution in [1.29, 1.82) is 0 Å². The highest BCUT2D eigenvalue weighted by Gasteiger charge is 2.19. The van der Waals surface area contributed by atoms with Crippen LogP contribution in [0.25, 0.3) is 0 Å². The van der Waals surface area contributed by atoms with E-state index in [-0.39, 0.29) is 0 Å². The molecule has 18 heavy (non-hydrogen) atoms. The summed E-state index contributed by atoms with van der Waals surface area (Å²) in [5.41, 5.74) is 5.78. The number of aryl methyl sites for hydroxylation is 1. The molecule has 2 aromatic carbocycles. The van der Waals surface area contributed by atoms with E-state index in [1.54, 1.807) is 0 Å². The number of nitrogens with one attached hydrogen (secondary N) is 1. The smallest absolute Gasteiger partial charge is 0.0363 e. The van der Waals surface area contributed by atoms with Gasteiger partial charge in [0, 0.05) is 6.04 Å². The maximum absolute atomic E-state index is 3.64. The van der Waals surface area contributed by atoms with E-state index < -0.39 is 0 Å². The fourth-order valence-electron chi connectivity index (χ4n) is 2.81. The van der Waals surface area contributed by atoms with Crippen molar-refractivity contribution in [2.45, 2.75) is 25.8 Å². The first kappa shape index (κ1) is 11.5. The summed E-state index contributed by atoms with van der Waals surface area (Å²) in [4.78, 5) is 0. The second-order valence-electron chi connectivity index (χ2n) is 5.15. The molecule has 0 saturated carbocycles. The van der Waals surface area contributed by atoms with Crippen LogP contribution in [0.2, 0.25) is 0 Å². The first-order chi connectivity index (χ1) is 8.83. The lowest BCUT2D eigenvalue weighted by Crippen LogP contribution is -2.31. The number of hydrogen-bond acceptors (Lipinski definition) is 1. The minimum absolute atomic E-state index is 0.469. The molecule has 0 saturated heterocycles. The molecule has 0 radical (unpaired) electrons. The topological polar surface area (TPSA) is 12.0 Å². The van der Waals surface area contributed by atoms with Crippen molar-refractivity contribution >= 4 is 0 Å². The third-order valence-electron chi connectivity index (χ3n) is 3.74. The predicted octanol–water partition coefficient (Wildman–Crippen LogP) is 3.42. The van der Waals surface area contributed by atoms with Crippen LogP contribution in [-0.2, 0) is 12.8 Å². The van der Waals surface area contributed by atoms with Gasteiger partial charge in [0.25, 0.3) is 0 Å². The fraction of sp³-hybridized carbons (Fsp3) is 0.294. The Hall–Kier alpha value is -1.60. The molecule has 0 aliphatic carbocycles. The summed E-state index contributed by atoms with van der Waals surface area (Å²) < 4.78 is 0. The van der Waals surface area contributed by atoms with Gasteiger partial charge in [-0.25, -0.2) is 0 Å². The number of fused-ring (bicyclic) bond motifs is 1. The first-order valence-electron chi connectivity index (χ1n) is 6.69. The molecule has 3 rings (SSSR count). The Morgan fingerprint density at radius 1 is 1.11 bits per heavy atom. The van der Waals surface area contributed by atoms with Crippen molar-refractivity contribution in [2.24, 2.45) is 0 Å². The van der Waals surface area contributed by atoms with E-state index in [1.807, 2.05) is 0 Å². The van der Waals surface area contributed by atoms with E-state index in [2.05, 4.69) is 60.8 Å². The van der Waals surface area contributed by atoms with E-state index in [0.29, 0.717) is 6.04 Å². The van der Waals surface area contributed by atoms with Gasteiger partial charge in [-0.15, -0.1) is 0 Å². The Bertz CT molecular complexity index is 531. The second-order valence-corrected chi connectivity index (χ2v) is 5.15. The first-order valence-corrected chi connectivity index (χ1v) is 6.69. The van der Waals surface area contributed by atoms with Gasteiger partial charge < -0.3 is 5.32 Å². The van der Waals surface area contributed by atoms with Crippen LogP contribution >= 0.6 is 0 Å². The van der Waals surface area contributed by atoms with E-state index in [9.17, 15) is 0 Å². The second kappa shape index (κ2) is 4.95. The van der Waals surface area contributed by atoms with Crippen LogP contribution in [0.5, 0.6) is 0 Å². The molecule has 1 N–H and O–H groups in total. The van der Waals surface area contributed by atoms with Crippen LogP contribution in [0.4, 0.5) is 0 Å². The lowest BCUT2D eigenvalue weighted by Gasteiger charge is -2.27. The van der Waals surface area contributed by atoms with Gasteiger partial charge in [-0.1, -0.05) is 54.1 Å². The molecule has 1 aliphatic heterocycles. The molecule has 0 spiro atoms. The minimum atomic E-state index is 0.469. The summed E-state index contributed by atoms with van der Waals surface area (Å²) in [6, 6.07) is 18.1. The molecule has 1 unspecified atom stereocenters. The Labute approximate surface area is 109 Å². The van der Waals surface area contributed by atoms with Crippen LogP contribution < -0.4 is 5.32 Å². The van der Waals surface area contributed by atoms with Gasteiger partial charge in [0.1, 0.15) is 0 Å². The van der Waals surface area contributed by atoms with E-state index in [4.69, 9.17) is 0 Å². The van der Waals surface area contributed by atoms with Gasteiger partial charge in [0.2, 0.25) is 0 Å². The van der Waals surface area contributed by atoms with Crippen LogP contribution in [0.15, 0.2) is 48.5 Å². The zero-order valence-electron chi connectivity index (χ0n) is 10.8. The van der Waals surface area contributed by atoms with Gasteiger partial charge in [-0.3, -0.25) is 0 Å². The summed E-state index contributed by atoms with van der Waals surface area (Å²) in [5, 5.41) is 3.64. The zero-order chi connectivity index (χ0) is 12.4. The SMILES string of the molecule is Cc1ccc2c(c1)CCNC2Cc1ccccc1. The highest BCUT2D eigenvalue weighted by atomic mass is 14.9. The standard InChI is InChI=1S/C17H19N/c1-13-7-8-16-15(11-13)9-10-18-17(16)12-14-5-3-2-4-6-14/h2-8,11,17-18H,9-10,12H2,1H3. The van der Waals surface area contributed by atoms with Crippen molar-refractivity contribution in [3.63, 3.8) is 0 Å². The summed E-state index contributed by atoms with van der Waals surface area (Å²) >= 11 is 0. The largest absolute Gasteiger partial charge is 0.309 e. The molecule has 1 nitrogen and oxygen atoms in total. The average molecular weight is 237 g/mol. The lowest BCUT2D eigenvalue weighted by molar-refractivity contribution is 0.502. The van der Waals surface area contributed by atoms with Crippen LogP contribution in [0, 0.1) is 6.92 Å². The maximum atomic E-state index is 3.64. The molecule has 2 aromatic rings. The Morgan fingerprint density at radius 3 is 2.78 bits per heavy atom. The number of benzene rings is 2. The fourth-order valence-corrected chi connectivity index (χ4v) is 2.81. The molecule has 0 bridgehead atoms. The molecule has 1 aliphatic rings. The lowest BCUT2D eigenvalue weighted by atomic mass is 9.89. The Morgan fingerprint density at radius 2 is 1.94 bits per heavy atom. The zero-order valence-corrected chi connectivity index (χ0v) is 10.8. The average Bonchev–Trinajstić information content (AvgIpc) is 2.40. The van der Waals surface area contributed by atoms with Crippen molar-refractivity contribution in [1.82, 2.24) is 5.32 Å². The Kier molecular flexibility index (Phi) is 3.16. The molecular weight excluding hydrogens is 218 g/mol. The van der Waals surface area contributed by atoms with Crippen molar-refractivity contribution in [3.05, 3.63) is 70.8 Å². The van der Waals surface area contributed by atoms with Gasteiger partial charge >= 0.3 is 0 Å². The highest BCUT2D eigenvalue weighted by Crippen LogP contribution is 2.26. The van der Waals surface area contributed by atoms with E-state index >= 15 is 0 Å². The van der Waals surface area contributed by atoms with Gasteiger partial charge in [-0.05, 0) is 43.0 Å². The molecule has 1 atom stereocenters. The van der Waals surface area contributed by atoms with Gasteiger partial charge in [-0.2, -0.15) is 0 Å². The van der Waals surface area contributed by atoms with Crippen LogP contribution in [0.3, 0.4) is 0 Å². The van der Waals surface area contributed by atoms with E-state index in [1.165, 1.54) is 22.3 Å². The molecule has 1 heterocycles. The maximum Gasteiger partial charge on any atom is 0.0363 e. The quantitative estimate of drug-likeness (QED) is 0.844. The summed E-state index contributed by atoms with van der Waals surface area (Å²) in [6.45, 7) is 3.27. The van der Waals surface area contributed by atoms with E-state index in [0.717, 1.165) is 19.4 Å². The molecule has 1 heteroatoms. The molecule has 0 fully saturated rings. The summed E-state index contributed by atoms with van der Waals surface area (Å²) in [7, 11) is 0. The van der Waals surface area contributed by atoms with Crippen molar-refractivity contribution in [3.8, 4) is 0 Å². The highest BCUT2D eigenvalue weighted by molar-refractivity contribution is 5.37. The summed E-state index contributed by atoms with van der Waals surface area (Å²) in [6.07, 6.45) is 2.24. The third kappa shape index (κ3) is 2.32. The monoisotopic (exact) mass is 237 g/mol. The van der Waals surface area contributed by atoms with Crippen molar-refractivity contribution in [2.75, 3.05) is 6.54 Å². The normalized spacial score (nSPS) is 18.4. The molecular formula is C17H19N. The minimum Gasteiger partial charge on any atom is -0.309 e. The van der Waals surface area contributed by atoms with Gasteiger partial charge in [0.15, 0.2) is 0 Å². The number of rotatable bonds is 2. The summed E-state index contributed by atoms with van der Waals surface area (Å²) in [5.74, 6) is 0. The molecule has 0 amide bonds. The molecule has 92 valence electrons. The van der Waals surface area contributed by atoms with Crippen LogP contribution in [0.1, 0.15) is 28.3 Å². The number of hydrogen-bond donors (Lipinski definition) is 1. The predicted molar refractivity (Wildman–Crippen MR) is 75.8 cm³/mol. The van der Waals surface area contributed by atoms with Crippen LogP contribution in [-0.4, -0.2) is 6.54 Å². The van der Waals surface area contributed by atoms with Gasteiger partial charge in [0.05, 0.1) is 0 Å². The van der Waals surface area contributed by atoms with Crippen molar-refractivity contribution < 1.29 is 0 Å². The third-order valence-corrected chi connectivity index (χ3v) is 3.74. The molecule has 0 aromatic heterocycles.